The molecule has 186 valence electrons. The summed E-state index contributed by atoms with van der Waals surface area (Å²) in [6, 6.07) is 3.97. The zero-order valence-corrected chi connectivity index (χ0v) is 20.5. The average Bonchev–Trinajstić information content (AvgIpc) is 3.22. The van der Waals surface area contributed by atoms with Crippen molar-refractivity contribution in [3.8, 4) is 11.8 Å². The van der Waals surface area contributed by atoms with E-state index in [9.17, 15) is 27.3 Å². The molecule has 11 heteroatoms. The number of carbonyl (C=O) groups is 1. The molecular formula is C24H25ClFN3O5S. The van der Waals surface area contributed by atoms with E-state index in [2.05, 4.69) is 22.1 Å². The summed E-state index contributed by atoms with van der Waals surface area (Å²) in [5.41, 5.74) is 0.172. The number of carbonyl (C=O) groups excluding carboxylic acids is 1. The first kappa shape index (κ1) is 24.3. The molecule has 5 rings (SSSR count). The summed E-state index contributed by atoms with van der Waals surface area (Å²) >= 11 is 5.82. The van der Waals surface area contributed by atoms with E-state index in [0.717, 1.165) is 12.8 Å². The number of amides is 1. The first-order chi connectivity index (χ1) is 16.4. The number of hydrogen-bond acceptors (Lipinski definition) is 5. The molecule has 1 heterocycles. The predicted octanol–water partition coefficient (Wildman–Crippen LogP) is 3.52. The van der Waals surface area contributed by atoms with Gasteiger partial charge < -0.3 is 15.0 Å². The van der Waals surface area contributed by atoms with E-state index in [4.69, 9.17) is 11.6 Å². The summed E-state index contributed by atoms with van der Waals surface area (Å²) < 4.78 is 46.2. The van der Waals surface area contributed by atoms with Crippen LogP contribution in [0.2, 0.25) is 5.02 Å². The molecule has 1 aromatic heterocycles. The SMILES string of the molecule is Cn1cnc(C2CC3CC(O)(C#CC4(S(=O)(=O)O)CC4)CC3C2)c1C(=O)Nc1ccc(F)c(Cl)c1. The Balaban J connectivity index is 1.29. The van der Waals surface area contributed by atoms with Crippen molar-refractivity contribution >= 4 is 33.3 Å². The summed E-state index contributed by atoms with van der Waals surface area (Å²) in [6.07, 6.45) is 4.39. The van der Waals surface area contributed by atoms with Crippen LogP contribution in [-0.4, -0.2) is 43.9 Å². The van der Waals surface area contributed by atoms with Crippen molar-refractivity contribution in [2.24, 2.45) is 18.9 Å². The fourth-order valence-corrected chi connectivity index (χ4v) is 6.55. The average molecular weight is 522 g/mol. The lowest BCUT2D eigenvalue weighted by Gasteiger charge is -2.19. The van der Waals surface area contributed by atoms with Crippen LogP contribution >= 0.6 is 11.6 Å². The highest BCUT2D eigenvalue weighted by atomic mass is 35.5. The molecule has 3 aliphatic carbocycles. The van der Waals surface area contributed by atoms with E-state index < -0.39 is 26.3 Å². The van der Waals surface area contributed by atoms with Gasteiger partial charge in [-0.2, -0.15) is 8.42 Å². The van der Waals surface area contributed by atoms with Crippen molar-refractivity contribution in [1.82, 2.24) is 9.55 Å². The van der Waals surface area contributed by atoms with Gasteiger partial charge in [0, 0.05) is 18.7 Å². The van der Waals surface area contributed by atoms with Gasteiger partial charge in [0.25, 0.3) is 16.0 Å². The summed E-state index contributed by atoms with van der Waals surface area (Å²) in [6.45, 7) is 0. The van der Waals surface area contributed by atoms with Gasteiger partial charge in [-0.25, -0.2) is 9.37 Å². The third-order valence-corrected chi connectivity index (χ3v) is 9.29. The van der Waals surface area contributed by atoms with Gasteiger partial charge in [0.2, 0.25) is 0 Å². The predicted molar refractivity (Wildman–Crippen MR) is 127 cm³/mol. The molecule has 1 aromatic carbocycles. The quantitative estimate of drug-likeness (QED) is 0.418. The standard InChI is InChI=1S/C24H25ClFN3O5S/c1-29-13-27-20(21(29)22(30)28-17-2-3-19(26)18(25)10-17)14-8-15-11-23(31,12-16(15)9-14)4-5-24(6-7-24)35(32,33)34/h2-3,10,13-16,31H,6-9,11-12H2,1H3,(H,28,30)(H,32,33,34). The van der Waals surface area contributed by atoms with E-state index in [-0.39, 0.29) is 41.5 Å². The first-order valence-corrected chi connectivity index (χ1v) is 13.2. The van der Waals surface area contributed by atoms with E-state index in [0.29, 0.717) is 29.9 Å². The number of hydrogen-bond donors (Lipinski definition) is 3. The largest absolute Gasteiger partial charge is 0.378 e. The van der Waals surface area contributed by atoms with Crippen molar-refractivity contribution < 1.29 is 27.3 Å². The van der Waals surface area contributed by atoms with Gasteiger partial charge in [-0.3, -0.25) is 9.35 Å². The second kappa shape index (κ2) is 8.30. The Labute approximate surface area is 207 Å². The lowest BCUT2D eigenvalue weighted by molar-refractivity contribution is 0.0978. The van der Waals surface area contributed by atoms with Crippen molar-refractivity contribution in [2.45, 2.75) is 54.8 Å². The highest BCUT2D eigenvalue weighted by Gasteiger charge is 2.54. The number of benzene rings is 1. The zero-order chi connectivity index (χ0) is 25.2. The number of imidazole rings is 1. The number of aliphatic hydroxyl groups is 1. The minimum Gasteiger partial charge on any atom is -0.378 e. The lowest BCUT2D eigenvalue weighted by atomic mass is 9.92. The fourth-order valence-electron chi connectivity index (χ4n) is 5.57. The monoisotopic (exact) mass is 521 g/mol. The Kier molecular flexibility index (Phi) is 5.75. The molecule has 2 aromatic rings. The maximum Gasteiger partial charge on any atom is 0.282 e. The van der Waals surface area contributed by atoms with Gasteiger partial charge in [-0.05, 0) is 68.6 Å². The van der Waals surface area contributed by atoms with Gasteiger partial charge in [0.05, 0.1) is 17.0 Å². The van der Waals surface area contributed by atoms with Crippen LogP contribution in [-0.2, 0) is 17.2 Å². The van der Waals surface area contributed by atoms with Crippen LogP contribution in [0, 0.1) is 29.5 Å². The van der Waals surface area contributed by atoms with Crippen LogP contribution in [0.1, 0.15) is 60.6 Å². The van der Waals surface area contributed by atoms with Crippen LogP contribution in [0.5, 0.6) is 0 Å². The minimum absolute atomic E-state index is 0.0221. The first-order valence-electron chi connectivity index (χ1n) is 11.4. The molecule has 8 nitrogen and oxygen atoms in total. The molecule has 3 N–H and O–H groups in total. The number of aryl methyl sites for hydroxylation is 1. The van der Waals surface area contributed by atoms with Crippen LogP contribution in [0.15, 0.2) is 24.5 Å². The van der Waals surface area contributed by atoms with Gasteiger partial charge in [0.15, 0.2) is 4.75 Å². The highest BCUT2D eigenvalue weighted by Crippen LogP contribution is 2.54. The molecule has 2 unspecified atom stereocenters. The molecule has 2 atom stereocenters. The fraction of sp³-hybridized carbons (Fsp3) is 0.500. The molecule has 0 bridgehead atoms. The van der Waals surface area contributed by atoms with Crippen LogP contribution < -0.4 is 5.32 Å². The maximum atomic E-state index is 13.4. The number of nitrogens with one attached hydrogen (secondary N) is 1. The number of nitrogens with zero attached hydrogens (tertiary/aromatic N) is 2. The van der Waals surface area contributed by atoms with E-state index in [1.807, 2.05) is 0 Å². The Hall–Kier alpha value is -2.45. The second-order valence-corrected chi connectivity index (χ2v) is 12.2. The van der Waals surface area contributed by atoms with Crippen LogP contribution in [0.4, 0.5) is 10.1 Å². The van der Waals surface area contributed by atoms with E-state index >= 15 is 0 Å². The van der Waals surface area contributed by atoms with Crippen LogP contribution in [0.25, 0.3) is 0 Å². The van der Waals surface area contributed by atoms with Crippen molar-refractivity contribution in [3.63, 3.8) is 0 Å². The van der Waals surface area contributed by atoms with Crippen LogP contribution in [0.3, 0.4) is 0 Å². The van der Waals surface area contributed by atoms with Gasteiger partial charge in [0.1, 0.15) is 17.1 Å². The number of anilines is 1. The molecule has 3 saturated carbocycles. The molecule has 3 fully saturated rings. The van der Waals surface area contributed by atoms with Crippen molar-refractivity contribution in [3.05, 3.63) is 46.8 Å². The number of aromatic nitrogens is 2. The molecule has 0 saturated heterocycles. The van der Waals surface area contributed by atoms with Crippen molar-refractivity contribution in [1.29, 1.82) is 0 Å². The smallest absolute Gasteiger partial charge is 0.282 e. The van der Waals surface area contributed by atoms with Gasteiger partial charge in [-0.15, -0.1) is 0 Å². The topological polar surface area (TPSA) is 122 Å². The second-order valence-electron chi connectivity index (χ2n) is 10.0. The van der Waals surface area contributed by atoms with E-state index in [1.165, 1.54) is 18.2 Å². The third kappa shape index (κ3) is 4.47. The number of halogens is 2. The van der Waals surface area contributed by atoms with Gasteiger partial charge in [-0.1, -0.05) is 23.4 Å². The summed E-state index contributed by atoms with van der Waals surface area (Å²) in [5.74, 6) is 4.81. The Morgan fingerprint density at radius 2 is 1.91 bits per heavy atom. The highest BCUT2D eigenvalue weighted by molar-refractivity contribution is 7.87. The Bertz CT molecular complexity index is 1360. The van der Waals surface area contributed by atoms with E-state index in [1.54, 1.807) is 17.9 Å². The van der Waals surface area contributed by atoms with Crippen molar-refractivity contribution in [2.75, 3.05) is 5.32 Å². The maximum absolute atomic E-state index is 13.4. The molecule has 35 heavy (non-hydrogen) atoms. The number of rotatable bonds is 4. The molecule has 0 spiro atoms. The molecule has 3 aliphatic rings. The molecule has 1 amide bonds. The number of fused-ring (bicyclic) bond motifs is 1. The summed E-state index contributed by atoms with van der Waals surface area (Å²) in [5, 5.41) is 13.7. The Morgan fingerprint density at radius 3 is 2.49 bits per heavy atom. The molecular weight excluding hydrogens is 497 g/mol. The third-order valence-electron chi connectivity index (χ3n) is 7.51. The van der Waals surface area contributed by atoms with Gasteiger partial charge >= 0.3 is 0 Å². The summed E-state index contributed by atoms with van der Waals surface area (Å²) in [7, 11) is -2.54. The molecule has 0 aliphatic heterocycles. The lowest BCUT2D eigenvalue weighted by Crippen LogP contribution is -2.26. The normalized spacial score (nSPS) is 28.8. The minimum atomic E-state index is -4.27. The molecule has 0 radical (unpaired) electrons. The Morgan fingerprint density at radius 1 is 1.26 bits per heavy atom. The zero-order valence-electron chi connectivity index (χ0n) is 19.0. The summed E-state index contributed by atoms with van der Waals surface area (Å²) in [4.78, 5) is 17.5.